The number of carbonyl (C=O) groups is 5. The van der Waals surface area contributed by atoms with E-state index in [0.717, 1.165) is 17.7 Å². The van der Waals surface area contributed by atoms with Crippen molar-refractivity contribution in [2.75, 3.05) is 25.0 Å². The molecule has 2 aliphatic heterocycles. The lowest BCUT2D eigenvalue weighted by atomic mass is 9.92. The molecule has 39 heavy (non-hydrogen) atoms. The van der Waals surface area contributed by atoms with Crippen molar-refractivity contribution in [1.29, 1.82) is 0 Å². The maximum atomic E-state index is 13.5. The van der Waals surface area contributed by atoms with Crippen LogP contribution in [0, 0.1) is 24.7 Å². The van der Waals surface area contributed by atoms with Crippen LogP contribution < -0.4 is 16.0 Å². The largest absolute Gasteiger partial charge is 0.522 e. The summed E-state index contributed by atoms with van der Waals surface area (Å²) in [6, 6.07) is 0.822. The van der Waals surface area contributed by atoms with Crippen LogP contribution >= 0.6 is 0 Å². The molecule has 5 unspecified atom stereocenters. The number of carbonyl (C=O) groups excluding carboxylic acids is 5. The molecule has 1 aliphatic carbocycles. The normalized spacial score (nSPS) is 25.1. The van der Waals surface area contributed by atoms with Crippen LogP contribution in [0.1, 0.15) is 37.7 Å². The van der Waals surface area contributed by atoms with E-state index in [9.17, 15) is 37.1 Å². The van der Waals surface area contributed by atoms with Gasteiger partial charge in [0.1, 0.15) is 18.5 Å². The number of fused-ring (bicyclic) bond motifs is 1. The minimum Gasteiger partial charge on any atom is -0.356 e. The summed E-state index contributed by atoms with van der Waals surface area (Å²) >= 11 is 0. The fraction of sp³-hybridized carbons (Fsp3) is 0.600. The predicted octanol–water partition coefficient (Wildman–Crippen LogP) is 1.07. The third-order valence-corrected chi connectivity index (χ3v) is 7.62. The van der Waals surface area contributed by atoms with Gasteiger partial charge in [0, 0.05) is 25.2 Å². The van der Waals surface area contributed by atoms with Crippen LogP contribution in [0.3, 0.4) is 0 Å². The van der Waals surface area contributed by atoms with Gasteiger partial charge in [-0.15, -0.1) is 13.2 Å². The quantitative estimate of drug-likeness (QED) is 0.408. The van der Waals surface area contributed by atoms with Crippen molar-refractivity contribution in [3.05, 3.63) is 23.9 Å². The van der Waals surface area contributed by atoms with Crippen LogP contribution in [0.4, 0.5) is 19.0 Å². The first kappa shape index (κ1) is 28.5. The number of pyridine rings is 1. The monoisotopic (exact) mass is 553 g/mol. The lowest BCUT2D eigenvalue weighted by molar-refractivity contribution is -0.321. The van der Waals surface area contributed by atoms with E-state index in [-0.39, 0.29) is 36.5 Å². The van der Waals surface area contributed by atoms with Crippen LogP contribution in [-0.2, 0) is 28.7 Å². The highest BCUT2D eigenvalue weighted by Gasteiger charge is 2.51. The molecule has 11 nitrogen and oxygen atoms in total. The molecule has 1 aromatic heterocycles. The average Bonchev–Trinajstić information content (AvgIpc) is 3.58. The molecule has 0 radical (unpaired) electrons. The number of alkyl halides is 3. The predicted molar refractivity (Wildman–Crippen MR) is 129 cm³/mol. The highest BCUT2D eigenvalue weighted by atomic mass is 19.4. The van der Waals surface area contributed by atoms with Crippen molar-refractivity contribution in [3.8, 4) is 0 Å². The number of hydrogen-bond acceptors (Lipinski definition) is 7. The maximum Gasteiger partial charge on any atom is 0.522 e. The number of hydrogen-bond donors (Lipinski definition) is 3. The Bertz CT molecular complexity index is 1150. The number of nitrogens with zero attached hydrogens (tertiary/aromatic N) is 2. The summed E-state index contributed by atoms with van der Waals surface area (Å²) in [5.74, 6) is -4.93. The molecule has 1 aromatic rings. The number of ketones is 1. The van der Waals surface area contributed by atoms with Crippen molar-refractivity contribution in [2.45, 2.75) is 57.5 Å². The van der Waals surface area contributed by atoms with Crippen molar-refractivity contribution < 1.29 is 41.9 Å². The van der Waals surface area contributed by atoms with Crippen molar-refractivity contribution in [1.82, 2.24) is 20.5 Å². The number of ether oxygens (including phenoxy) is 1. The lowest BCUT2D eigenvalue weighted by Gasteiger charge is -2.29. The minimum atomic E-state index is -5.06. The smallest absolute Gasteiger partial charge is 0.356 e. The Balaban J connectivity index is 1.51. The number of halogens is 3. The molecule has 14 heteroatoms. The Morgan fingerprint density at radius 2 is 2.00 bits per heavy atom. The van der Waals surface area contributed by atoms with Gasteiger partial charge in [0.05, 0.1) is 6.04 Å². The van der Waals surface area contributed by atoms with Crippen molar-refractivity contribution in [3.63, 3.8) is 0 Å². The molecule has 3 N–H and O–H groups in total. The molecular formula is C25H30F3N5O6. The van der Waals surface area contributed by atoms with E-state index in [4.69, 9.17) is 0 Å². The average molecular weight is 554 g/mol. The summed E-state index contributed by atoms with van der Waals surface area (Å²) in [6.45, 7) is 0.857. The second-order valence-electron chi connectivity index (χ2n) is 10.2. The number of Topliss-reactive ketones (excluding diaryl/α,β-unsaturated/α-hetero) is 1. The summed E-state index contributed by atoms with van der Waals surface area (Å²) in [6.07, 6.45) is -1.31. The van der Waals surface area contributed by atoms with Gasteiger partial charge in [-0.05, 0) is 56.1 Å². The zero-order chi connectivity index (χ0) is 28.3. The molecule has 2 saturated heterocycles. The Labute approximate surface area is 222 Å². The third kappa shape index (κ3) is 6.72. The van der Waals surface area contributed by atoms with Crippen LogP contribution in [0.15, 0.2) is 18.3 Å². The molecule has 3 fully saturated rings. The SMILES string of the molecule is Cc1cccnc1NC(=O)C(=O)N1CC2CCCC2C1C(=O)NC(CC1CCNC1=O)C(=O)COC(F)(F)F. The molecule has 212 valence electrons. The van der Waals surface area contributed by atoms with E-state index in [0.29, 0.717) is 24.9 Å². The first-order chi connectivity index (χ1) is 18.4. The van der Waals surface area contributed by atoms with Gasteiger partial charge in [0.25, 0.3) is 0 Å². The molecule has 4 amide bonds. The second kappa shape index (κ2) is 11.7. The van der Waals surface area contributed by atoms with Gasteiger partial charge in [-0.3, -0.25) is 28.7 Å². The summed E-state index contributed by atoms with van der Waals surface area (Å²) in [5.41, 5.74) is 0.629. The van der Waals surface area contributed by atoms with Crippen LogP contribution in [-0.4, -0.2) is 77.4 Å². The first-order valence-corrected chi connectivity index (χ1v) is 12.8. The molecule has 3 heterocycles. The fourth-order valence-corrected chi connectivity index (χ4v) is 5.69. The number of anilines is 1. The number of rotatable bonds is 8. The van der Waals surface area contributed by atoms with Gasteiger partial charge in [-0.2, -0.15) is 0 Å². The van der Waals surface area contributed by atoms with E-state index in [1.54, 1.807) is 19.1 Å². The van der Waals surface area contributed by atoms with Crippen LogP contribution in [0.5, 0.6) is 0 Å². The summed E-state index contributed by atoms with van der Waals surface area (Å²) in [7, 11) is 0. The minimum absolute atomic E-state index is 0.0441. The number of likely N-dealkylation sites (tertiary alicyclic amines) is 1. The molecule has 3 aliphatic rings. The number of aromatic nitrogens is 1. The van der Waals surface area contributed by atoms with Gasteiger partial charge >= 0.3 is 18.2 Å². The number of nitrogens with one attached hydrogen (secondary N) is 3. The maximum absolute atomic E-state index is 13.5. The van der Waals surface area contributed by atoms with Gasteiger partial charge < -0.3 is 20.9 Å². The summed E-state index contributed by atoms with van der Waals surface area (Å²) < 4.78 is 41.4. The number of aryl methyl sites for hydroxylation is 1. The Morgan fingerprint density at radius 1 is 1.23 bits per heavy atom. The Morgan fingerprint density at radius 3 is 2.67 bits per heavy atom. The highest BCUT2D eigenvalue weighted by molar-refractivity contribution is 6.40. The molecule has 0 aromatic carbocycles. The van der Waals surface area contributed by atoms with E-state index in [1.807, 2.05) is 0 Å². The van der Waals surface area contributed by atoms with Gasteiger partial charge in [-0.1, -0.05) is 12.5 Å². The Kier molecular flexibility index (Phi) is 8.52. The molecule has 5 atom stereocenters. The van der Waals surface area contributed by atoms with E-state index < -0.39 is 54.5 Å². The summed E-state index contributed by atoms with van der Waals surface area (Å²) in [5, 5.41) is 7.53. The molecule has 4 rings (SSSR count). The van der Waals surface area contributed by atoms with Gasteiger partial charge in [0.2, 0.25) is 11.8 Å². The zero-order valence-corrected chi connectivity index (χ0v) is 21.3. The standard InChI is InChI=1S/C25H30F3N5O6/c1-13-4-3-8-29-20(13)32-23(37)24(38)33-11-15-5-2-6-16(15)19(33)22(36)31-17(10-14-7-9-30-21(14)35)18(34)12-39-25(26,27)28/h3-4,8,14-17,19H,2,5-7,9-12H2,1H3,(H,30,35)(H,31,36)(H,29,32,37). The lowest BCUT2D eigenvalue weighted by Crippen LogP contribution is -2.55. The van der Waals surface area contributed by atoms with E-state index in [1.165, 1.54) is 6.20 Å². The molecule has 1 saturated carbocycles. The highest BCUT2D eigenvalue weighted by Crippen LogP contribution is 2.42. The third-order valence-electron chi connectivity index (χ3n) is 7.62. The number of amides is 4. The van der Waals surface area contributed by atoms with Gasteiger partial charge in [-0.25, -0.2) is 4.98 Å². The van der Waals surface area contributed by atoms with Crippen molar-refractivity contribution >= 4 is 35.2 Å². The van der Waals surface area contributed by atoms with E-state index in [2.05, 4.69) is 25.7 Å². The first-order valence-electron chi connectivity index (χ1n) is 12.8. The zero-order valence-electron chi connectivity index (χ0n) is 21.3. The fourth-order valence-electron chi connectivity index (χ4n) is 5.69. The second-order valence-corrected chi connectivity index (χ2v) is 10.2. The topological polar surface area (TPSA) is 147 Å². The molecule has 0 spiro atoms. The van der Waals surface area contributed by atoms with Crippen LogP contribution in [0.2, 0.25) is 0 Å². The van der Waals surface area contributed by atoms with E-state index >= 15 is 0 Å². The molecular weight excluding hydrogens is 523 g/mol. The van der Waals surface area contributed by atoms with Gasteiger partial charge in [0.15, 0.2) is 5.78 Å². The Hall–Kier alpha value is -3.55. The molecule has 0 bridgehead atoms. The van der Waals surface area contributed by atoms with Crippen molar-refractivity contribution in [2.24, 2.45) is 17.8 Å². The van der Waals surface area contributed by atoms with Crippen LogP contribution in [0.25, 0.3) is 0 Å². The summed E-state index contributed by atoms with van der Waals surface area (Å²) in [4.78, 5) is 69.6.